The van der Waals surface area contributed by atoms with Crippen molar-refractivity contribution in [1.29, 1.82) is 0 Å². The zero-order valence-corrected chi connectivity index (χ0v) is 17.6. The van der Waals surface area contributed by atoms with Gasteiger partial charge in [0, 0.05) is 11.5 Å². The quantitative estimate of drug-likeness (QED) is 0.738. The molecule has 1 heterocycles. The Bertz CT molecular complexity index is 836. The van der Waals surface area contributed by atoms with Crippen molar-refractivity contribution in [2.45, 2.75) is 29.9 Å². The molecule has 0 radical (unpaired) electrons. The van der Waals surface area contributed by atoms with Gasteiger partial charge in [-0.1, -0.05) is 30.3 Å². The van der Waals surface area contributed by atoms with E-state index in [-0.39, 0.29) is 18.6 Å². The number of methoxy groups -OCH3 is 1. The minimum absolute atomic E-state index is 0.0126. The molecule has 2 aromatic rings. The summed E-state index contributed by atoms with van der Waals surface area (Å²) in [5, 5.41) is 3.13. The second-order valence-corrected chi connectivity index (χ2v) is 9.71. The SMILES string of the molecule is COc1cc(C2SCCS2)ccc1OCC(=O)N[C@H]1CCCc2ccccc21. The van der Waals surface area contributed by atoms with Crippen LogP contribution in [0.15, 0.2) is 42.5 Å². The summed E-state index contributed by atoms with van der Waals surface area (Å²) in [6, 6.07) is 14.4. The van der Waals surface area contributed by atoms with Gasteiger partial charge in [-0.3, -0.25) is 4.79 Å². The third-order valence-corrected chi connectivity index (χ3v) is 8.25. The third kappa shape index (κ3) is 4.44. The molecule has 28 heavy (non-hydrogen) atoms. The van der Waals surface area contributed by atoms with Crippen molar-refractivity contribution in [2.24, 2.45) is 0 Å². The maximum absolute atomic E-state index is 12.5. The van der Waals surface area contributed by atoms with Crippen LogP contribution in [-0.4, -0.2) is 31.1 Å². The number of benzene rings is 2. The standard InChI is InChI=1S/C22H25NO3S2/c1-25-20-13-16(22-27-11-12-28-22)9-10-19(20)26-14-21(24)23-18-8-4-6-15-5-2-3-7-17(15)18/h2-3,5,7,9-10,13,18,22H,4,6,8,11-12,14H2,1H3,(H,23,24)/t18-/m0/s1. The number of carbonyl (C=O) groups excluding carboxylic acids is 1. The van der Waals surface area contributed by atoms with Crippen LogP contribution in [0.1, 0.15) is 40.2 Å². The summed E-state index contributed by atoms with van der Waals surface area (Å²) >= 11 is 3.91. The number of fused-ring (bicyclic) bond motifs is 1. The fourth-order valence-corrected chi connectivity index (χ4v) is 6.62. The van der Waals surface area contributed by atoms with Gasteiger partial charge in [0.1, 0.15) is 0 Å². The normalized spacial score (nSPS) is 19.1. The number of amides is 1. The number of aryl methyl sites for hydroxylation is 1. The van der Waals surface area contributed by atoms with Crippen LogP contribution in [0.4, 0.5) is 0 Å². The Morgan fingerprint density at radius 3 is 2.79 bits per heavy atom. The number of carbonyl (C=O) groups is 1. The monoisotopic (exact) mass is 415 g/mol. The lowest BCUT2D eigenvalue weighted by Crippen LogP contribution is -2.34. The van der Waals surface area contributed by atoms with Crippen molar-refractivity contribution in [2.75, 3.05) is 25.2 Å². The molecule has 148 valence electrons. The molecule has 1 atom stereocenters. The number of hydrogen-bond donors (Lipinski definition) is 1. The Balaban J connectivity index is 1.37. The number of hydrogen-bond acceptors (Lipinski definition) is 5. The van der Waals surface area contributed by atoms with E-state index in [1.54, 1.807) is 7.11 Å². The second kappa shape index (κ2) is 9.14. The molecule has 0 saturated carbocycles. The first-order valence-electron chi connectivity index (χ1n) is 9.65. The summed E-state index contributed by atoms with van der Waals surface area (Å²) in [5.74, 6) is 3.55. The van der Waals surface area contributed by atoms with E-state index >= 15 is 0 Å². The Morgan fingerprint density at radius 1 is 1.14 bits per heavy atom. The summed E-state index contributed by atoms with van der Waals surface area (Å²) < 4.78 is 11.7. The smallest absolute Gasteiger partial charge is 0.258 e. The highest BCUT2D eigenvalue weighted by Gasteiger charge is 2.22. The average molecular weight is 416 g/mol. The maximum Gasteiger partial charge on any atom is 0.258 e. The van der Waals surface area contributed by atoms with Gasteiger partial charge in [-0.2, -0.15) is 0 Å². The lowest BCUT2D eigenvalue weighted by molar-refractivity contribution is -0.124. The van der Waals surface area contributed by atoms with Crippen molar-refractivity contribution in [3.05, 3.63) is 59.2 Å². The molecule has 2 aliphatic rings. The summed E-state index contributed by atoms with van der Waals surface area (Å²) in [4.78, 5) is 12.5. The molecule has 1 saturated heterocycles. The molecule has 0 bridgehead atoms. The fourth-order valence-electron chi connectivity index (χ4n) is 3.78. The summed E-state index contributed by atoms with van der Waals surface area (Å²) in [6.45, 7) is -0.0126. The van der Waals surface area contributed by atoms with Gasteiger partial charge in [-0.15, -0.1) is 23.5 Å². The van der Waals surface area contributed by atoms with E-state index in [4.69, 9.17) is 9.47 Å². The van der Waals surface area contributed by atoms with Crippen LogP contribution in [-0.2, 0) is 11.2 Å². The Morgan fingerprint density at radius 2 is 1.96 bits per heavy atom. The molecule has 1 amide bonds. The van der Waals surface area contributed by atoms with Gasteiger partial charge >= 0.3 is 0 Å². The number of nitrogens with one attached hydrogen (secondary N) is 1. The van der Waals surface area contributed by atoms with Gasteiger partial charge in [0.2, 0.25) is 0 Å². The molecule has 0 unspecified atom stereocenters. The minimum atomic E-state index is -0.102. The molecule has 1 aliphatic heterocycles. The van der Waals surface area contributed by atoms with Gasteiger partial charge < -0.3 is 14.8 Å². The highest BCUT2D eigenvalue weighted by atomic mass is 32.2. The first-order valence-corrected chi connectivity index (χ1v) is 11.8. The minimum Gasteiger partial charge on any atom is -0.493 e. The van der Waals surface area contributed by atoms with Crippen molar-refractivity contribution >= 4 is 29.4 Å². The summed E-state index contributed by atoms with van der Waals surface area (Å²) in [7, 11) is 1.64. The molecule has 1 aliphatic carbocycles. The van der Waals surface area contributed by atoms with E-state index in [1.807, 2.05) is 41.7 Å². The zero-order valence-electron chi connectivity index (χ0n) is 16.0. The van der Waals surface area contributed by atoms with Crippen LogP contribution in [0.2, 0.25) is 0 Å². The topological polar surface area (TPSA) is 47.6 Å². The van der Waals surface area contributed by atoms with Gasteiger partial charge in [-0.25, -0.2) is 0 Å². The molecule has 4 nitrogen and oxygen atoms in total. The highest BCUT2D eigenvalue weighted by molar-refractivity contribution is 8.19. The van der Waals surface area contributed by atoms with Gasteiger partial charge in [0.05, 0.1) is 17.7 Å². The Labute approximate surface area is 174 Å². The van der Waals surface area contributed by atoms with E-state index in [2.05, 4.69) is 29.6 Å². The van der Waals surface area contributed by atoms with Crippen LogP contribution in [0.3, 0.4) is 0 Å². The average Bonchev–Trinajstić information content (AvgIpc) is 3.27. The van der Waals surface area contributed by atoms with Crippen LogP contribution in [0.5, 0.6) is 11.5 Å². The Kier molecular flexibility index (Phi) is 6.37. The third-order valence-electron chi connectivity index (χ3n) is 5.15. The highest BCUT2D eigenvalue weighted by Crippen LogP contribution is 2.46. The second-order valence-electron chi connectivity index (χ2n) is 6.98. The van der Waals surface area contributed by atoms with E-state index in [0.717, 1.165) is 19.3 Å². The molecular weight excluding hydrogens is 390 g/mol. The number of rotatable bonds is 6. The maximum atomic E-state index is 12.5. The summed E-state index contributed by atoms with van der Waals surface area (Å²) in [5.41, 5.74) is 3.80. The molecule has 1 N–H and O–H groups in total. The van der Waals surface area contributed by atoms with E-state index in [0.29, 0.717) is 16.1 Å². The molecule has 6 heteroatoms. The van der Waals surface area contributed by atoms with E-state index < -0.39 is 0 Å². The number of thioether (sulfide) groups is 2. The van der Waals surface area contributed by atoms with Crippen molar-refractivity contribution in [1.82, 2.24) is 5.32 Å². The van der Waals surface area contributed by atoms with Crippen molar-refractivity contribution in [3.63, 3.8) is 0 Å². The molecule has 4 rings (SSSR count). The van der Waals surface area contributed by atoms with Gasteiger partial charge in [0.15, 0.2) is 18.1 Å². The molecule has 0 spiro atoms. The van der Waals surface area contributed by atoms with Crippen molar-refractivity contribution in [3.8, 4) is 11.5 Å². The molecular formula is C22H25NO3S2. The largest absolute Gasteiger partial charge is 0.493 e. The van der Waals surface area contributed by atoms with E-state index in [9.17, 15) is 4.79 Å². The fraction of sp³-hybridized carbons (Fsp3) is 0.409. The van der Waals surface area contributed by atoms with Gasteiger partial charge in [0.25, 0.3) is 5.91 Å². The Hall–Kier alpha value is -1.79. The molecule has 2 aromatic carbocycles. The van der Waals surface area contributed by atoms with Crippen molar-refractivity contribution < 1.29 is 14.3 Å². The molecule has 0 aromatic heterocycles. The molecule has 1 fully saturated rings. The predicted octanol–water partition coefficient (Wildman–Crippen LogP) is 4.75. The first-order chi connectivity index (χ1) is 13.7. The number of ether oxygens (including phenoxy) is 2. The van der Waals surface area contributed by atoms with Crippen LogP contribution in [0, 0.1) is 0 Å². The van der Waals surface area contributed by atoms with Crippen LogP contribution < -0.4 is 14.8 Å². The van der Waals surface area contributed by atoms with E-state index in [1.165, 1.54) is 28.2 Å². The lowest BCUT2D eigenvalue weighted by Gasteiger charge is -2.26. The predicted molar refractivity (Wildman–Crippen MR) is 116 cm³/mol. The lowest BCUT2D eigenvalue weighted by atomic mass is 9.88. The first kappa shape index (κ1) is 19.5. The van der Waals surface area contributed by atoms with Crippen LogP contribution >= 0.6 is 23.5 Å². The zero-order chi connectivity index (χ0) is 19.3. The van der Waals surface area contributed by atoms with Crippen LogP contribution in [0.25, 0.3) is 0 Å². The summed E-state index contributed by atoms with van der Waals surface area (Å²) in [6.07, 6.45) is 3.15. The van der Waals surface area contributed by atoms with Gasteiger partial charge in [-0.05, 0) is 48.1 Å².